The maximum atomic E-state index is 10.5. The van der Waals surface area contributed by atoms with E-state index < -0.39 is 11.5 Å². The average molecular weight is 252 g/mol. The highest BCUT2D eigenvalue weighted by Gasteiger charge is 2.37. The Bertz CT molecular complexity index is 474. The van der Waals surface area contributed by atoms with Gasteiger partial charge in [-0.15, -0.1) is 6.58 Å². The minimum atomic E-state index is -0.490. The molecule has 19 heavy (non-hydrogen) atoms. The van der Waals surface area contributed by atoms with E-state index >= 15 is 0 Å². The Hall–Kier alpha value is -1.86. The molecule has 1 heteroatoms. The molecule has 0 aromatic heterocycles. The van der Waals surface area contributed by atoms with Crippen molar-refractivity contribution in [3.8, 4) is 0 Å². The van der Waals surface area contributed by atoms with Crippen LogP contribution in [0.1, 0.15) is 24.5 Å². The summed E-state index contributed by atoms with van der Waals surface area (Å²) in [4.78, 5) is 0. The van der Waals surface area contributed by atoms with Crippen LogP contribution in [0.4, 0.5) is 0 Å². The monoisotopic (exact) mass is 252 g/mol. The number of allylic oxidation sites excluding steroid dienone is 1. The van der Waals surface area contributed by atoms with Gasteiger partial charge in [-0.2, -0.15) is 0 Å². The maximum absolute atomic E-state index is 10.5. The summed E-state index contributed by atoms with van der Waals surface area (Å²) in [7, 11) is 0. The van der Waals surface area contributed by atoms with Crippen LogP contribution in [0.2, 0.25) is 0 Å². The lowest BCUT2D eigenvalue weighted by molar-refractivity contribution is 0.120. The second-order valence-electron chi connectivity index (χ2n) is 4.87. The minimum Gasteiger partial charge on any atom is -0.392 e. The van der Waals surface area contributed by atoms with Crippen LogP contribution in [0, 0.1) is 0 Å². The van der Waals surface area contributed by atoms with Crippen LogP contribution in [0.15, 0.2) is 73.3 Å². The molecular formula is C18H20O. The SMILES string of the molecule is C=CCC(c1ccccc1)(c1ccccc1)C(C)O. The highest BCUT2D eigenvalue weighted by molar-refractivity contribution is 5.41. The quantitative estimate of drug-likeness (QED) is 0.799. The molecule has 2 rings (SSSR count). The molecule has 0 amide bonds. The highest BCUT2D eigenvalue weighted by atomic mass is 16.3. The van der Waals surface area contributed by atoms with Crippen molar-refractivity contribution >= 4 is 0 Å². The van der Waals surface area contributed by atoms with E-state index in [0.29, 0.717) is 6.42 Å². The second-order valence-corrected chi connectivity index (χ2v) is 4.87. The number of aliphatic hydroxyl groups excluding tert-OH is 1. The fourth-order valence-electron chi connectivity index (χ4n) is 2.75. The van der Waals surface area contributed by atoms with E-state index in [0.717, 1.165) is 11.1 Å². The molecule has 2 aromatic carbocycles. The maximum Gasteiger partial charge on any atom is 0.0652 e. The molecule has 1 unspecified atom stereocenters. The number of aliphatic hydroxyl groups is 1. The van der Waals surface area contributed by atoms with Gasteiger partial charge in [-0.05, 0) is 24.5 Å². The van der Waals surface area contributed by atoms with Crippen LogP contribution >= 0.6 is 0 Å². The molecule has 98 valence electrons. The predicted molar refractivity (Wildman–Crippen MR) is 80.2 cm³/mol. The largest absolute Gasteiger partial charge is 0.392 e. The predicted octanol–water partition coefficient (Wildman–Crippen LogP) is 3.93. The van der Waals surface area contributed by atoms with Crippen molar-refractivity contribution in [1.29, 1.82) is 0 Å². The van der Waals surface area contributed by atoms with Gasteiger partial charge >= 0.3 is 0 Å². The molecule has 0 radical (unpaired) electrons. The summed E-state index contributed by atoms with van der Waals surface area (Å²) in [6.07, 6.45) is 2.10. The summed E-state index contributed by atoms with van der Waals surface area (Å²) in [5, 5.41) is 10.5. The minimum absolute atomic E-state index is 0.426. The van der Waals surface area contributed by atoms with E-state index in [1.54, 1.807) is 0 Å². The third-order valence-electron chi connectivity index (χ3n) is 3.76. The first kappa shape index (κ1) is 13.6. The van der Waals surface area contributed by atoms with Crippen LogP contribution in [-0.2, 0) is 5.41 Å². The van der Waals surface area contributed by atoms with Crippen LogP contribution < -0.4 is 0 Å². The molecule has 1 atom stereocenters. The molecule has 1 nitrogen and oxygen atoms in total. The Morgan fingerprint density at radius 3 is 1.74 bits per heavy atom. The zero-order valence-electron chi connectivity index (χ0n) is 11.3. The van der Waals surface area contributed by atoms with Crippen molar-refractivity contribution in [2.45, 2.75) is 24.9 Å². The third kappa shape index (κ3) is 2.47. The molecule has 1 N–H and O–H groups in total. The van der Waals surface area contributed by atoms with E-state index in [1.807, 2.05) is 49.4 Å². The van der Waals surface area contributed by atoms with Gasteiger partial charge in [-0.3, -0.25) is 0 Å². The zero-order chi connectivity index (χ0) is 13.7. The van der Waals surface area contributed by atoms with E-state index in [9.17, 15) is 5.11 Å². The first-order valence-corrected chi connectivity index (χ1v) is 6.62. The van der Waals surface area contributed by atoms with Crippen molar-refractivity contribution in [1.82, 2.24) is 0 Å². The van der Waals surface area contributed by atoms with Crippen LogP contribution in [0.3, 0.4) is 0 Å². The van der Waals surface area contributed by atoms with Crippen molar-refractivity contribution in [3.63, 3.8) is 0 Å². The Morgan fingerprint density at radius 1 is 1.00 bits per heavy atom. The Morgan fingerprint density at radius 2 is 1.42 bits per heavy atom. The van der Waals surface area contributed by atoms with Crippen LogP contribution in [-0.4, -0.2) is 11.2 Å². The van der Waals surface area contributed by atoms with Crippen molar-refractivity contribution in [2.75, 3.05) is 0 Å². The summed E-state index contributed by atoms with van der Waals surface area (Å²) in [6.45, 7) is 5.72. The lowest BCUT2D eigenvalue weighted by Gasteiger charge is -2.37. The van der Waals surface area contributed by atoms with Crippen LogP contribution in [0.5, 0.6) is 0 Å². The molecule has 0 saturated carbocycles. The average Bonchev–Trinajstić information content (AvgIpc) is 2.46. The van der Waals surface area contributed by atoms with Crippen molar-refractivity contribution in [2.24, 2.45) is 0 Å². The third-order valence-corrected chi connectivity index (χ3v) is 3.76. The first-order chi connectivity index (χ1) is 9.21. The van der Waals surface area contributed by atoms with Gasteiger partial charge in [0.2, 0.25) is 0 Å². The van der Waals surface area contributed by atoms with E-state index in [1.165, 1.54) is 0 Å². The van der Waals surface area contributed by atoms with Crippen molar-refractivity contribution in [3.05, 3.63) is 84.4 Å². The molecule has 0 saturated heterocycles. The number of rotatable bonds is 5. The van der Waals surface area contributed by atoms with Crippen molar-refractivity contribution < 1.29 is 5.11 Å². The molecule has 0 spiro atoms. The molecule has 0 bridgehead atoms. The molecule has 2 aromatic rings. The standard InChI is InChI=1S/C18H20O/c1-3-14-18(15(2)19,16-10-6-4-7-11-16)17-12-8-5-9-13-17/h3-13,15,19H,1,14H2,2H3. The molecule has 0 aliphatic rings. The summed E-state index contributed by atoms with van der Waals surface area (Å²) < 4.78 is 0. The normalized spacial score (nSPS) is 12.9. The second kappa shape index (κ2) is 5.85. The lowest BCUT2D eigenvalue weighted by atomic mass is 9.68. The molecule has 0 aliphatic heterocycles. The van der Waals surface area contributed by atoms with Gasteiger partial charge < -0.3 is 5.11 Å². The summed E-state index contributed by atoms with van der Waals surface area (Å²) in [5.74, 6) is 0. The van der Waals surface area contributed by atoms with Gasteiger partial charge in [-0.1, -0.05) is 66.7 Å². The van der Waals surface area contributed by atoms with Gasteiger partial charge in [0.05, 0.1) is 6.10 Å². The molecule has 0 fully saturated rings. The van der Waals surface area contributed by atoms with E-state index in [4.69, 9.17) is 0 Å². The summed E-state index contributed by atoms with van der Waals surface area (Å²) >= 11 is 0. The Balaban J connectivity index is 2.64. The smallest absolute Gasteiger partial charge is 0.0652 e. The fourth-order valence-corrected chi connectivity index (χ4v) is 2.75. The molecular weight excluding hydrogens is 232 g/mol. The van der Waals surface area contributed by atoms with E-state index in [-0.39, 0.29) is 0 Å². The van der Waals surface area contributed by atoms with Gasteiger partial charge in [0.15, 0.2) is 0 Å². The van der Waals surface area contributed by atoms with Gasteiger partial charge in [0.25, 0.3) is 0 Å². The highest BCUT2D eigenvalue weighted by Crippen LogP contribution is 2.39. The Labute approximate surface area is 115 Å². The van der Waals surface area contributed by atoms with Gasteiger partial charge in [0, 0.05) is 5.41 Å². The molecule has 0 aliphatic carbocycles. The fraction of sp³-hybridized carbons (Fsp3) is 0.222. The summed E-state index contributed by atoms with van der Waals surface area (Å²) in [5.41, 5.74) is 1.82. The topological polar surface area (TPSA) is 20.2 Å². The first-order valence-electron chi connectivity index (χ1n) is 6.62. The molecule has 0 heterocycles. The van der Waals surface area contributed by atoms with Gasteiger partial charge in [0.1, 0.15) is 0 Å². The number of hydrogen-bond acceptors (Lipinski definition) is 1. The van der Waals surface area contributed by atoms with Gasteiger partial charge in [-0.25, -0.2) is 0 Å². The van der Waals surface area contributed by atoms with Crippen LogP contribution in [0.25, 0.3) is 0 Å². The zero-order valence-corrected chi connectivity index (χ0v) is 11.3. The number of hydrogen-bond donors (Lipinski definition) is 1. The number of benzene rings is 2. The Kier molecular flexibility index (Phi) is 4.18. The van der Waals surface area contributed by atoms with E-state index in [2.05, 4.69) is 30.8 Å². The lowest BCUT2D eigenvalue weighted by Crippen LogP contribution is -2.38. The summed E-state index contributed by atoms with van der Waals surface area (Å²) in [6, 6.07) is 20.3.